The van der Waals surface area contributed by atoms with Crippen molar-refractivity contribution < 1.29 is 19.8 Å². The lowest BCUT2D eigenvalue weighted by Gasteiger charge is -1.93. The van der Waals surface area contributed by atoms with Crippen molar-refractivity contribution in [3.05, 3.63) is 0 Å². The van der Waals surface area contributed by atoms with Gasteiger partial charge in [0.2, 0.25) is 0 Å². The van der Waals surface area contributed by atoms with Gasteiger partial charge in [0.05, 0.1) is 0 Å². The number of carboxylic acid groups (broad SMARTS) is 2. The first-order valence-electron chi connectivity index (χ1n) is 6.38. The van der Waals surface area contributed by atoms with Crippen LogP contribution in [-0.2, 0) is 9.59 Å². The first-order chi connectivity index (χ1) is 9.47. The van der Waals surface area contributed by atoms with Gasteiger partial charge in [-0.05, 0) is 25.6 Å². The maximum atomic E-state index is 9.10. The van der Waals surface area contributed by atoms with E-state index in [-0.39, 0.29) is 0 Å². The molecule has 8 heteroatoms. The zero-order chi connectivity index (χ0) is 16.2. The van der Waals surface area contributed by atoms with Crippen molar-refractivity contribution in [2.45, 2.75) is 13.8 Å². The van der Waals surface area contributed by atoms with Crippen molar-refractivity contribution in [3.63, 3.8) is 0 Å². The molecule has 0 rings (SSSR count). The van der Waals surface area contributed by atoms with Gasteiger partial charge in [0.15, 0.2) is 0 Å². The minimum atomic E-state index is -1.82. The number of nitrogens with one attached hydrogen (secondary N) is 2. The van der Waals surface area contributed by atoms with Crippen LogP contribution in [0.2, 0.25) is 0 Å². The maximum Gasteiger partial charge on any atom is 0.414 e. The molecule has 0 amide bonds. The second-order valence-electron chi connectivity index (χ2n) is 3.21. The zero-order valence-corrected chi connectivity index (χ0v) is 14.4. The Hall–Kier alpha value is -0.440. The Kier molecular flexibility index (Phi) is 29.0. The Morgan fingerprint density at radius 1 is 0.850 bits per heavy atom. The predicted octanol–water partition coefficient (Wildman–Crippen LogP) is 1.07. The molecule has 0 saturated carbocycles. The van der Waals surface area contributed by atoms with Crippen molar-refractivity contribution in [2.75, 3.05) is 50.2 Å². The van der Waals surface area contributed by atoms with Crippen molar-refractivity contribution >= 4 is 35.5 Å². The van der Waals surface area contributed by atoms with Gasteiger partial charge in [-0.2, -0.15) is 23.5 Å². The molecule has 0 aromatic carbocycles. The van der Waals surface area contributed by atoms with Crippen LogP contribution in [0.5, 0.6) is 0 Å². The summed E-state index contributed by atoms with van der Waals surface area (Å²) in [5.41, 5.74) is 0. The Balaban J connectivity index is -0.000000218. The number of hydrogen-bond acceptors (Lipinski definition) is 6. The van der Waals surface area contributed by atoms with Crippen LogP contribution in [0.15, 0.2) is 0 Å². The molecule has 20 heavy (non-hydrogen) atoms. The fourth-order valence-corrected chi connectivity index (χ4v) is 1.91. The van der Waals surface area contributed by atoms with Crippen LogP contribution in [0.1, 0.15) is 13.8 Å². The average molecular weight is 329 g/mol. The zero-order valence-electron chi connectivity index (χ0n) is 12.8. The highest BCUT2D eigenvalue weighted by Crippen LogP contribution is 1.94. The van der Waals surface area contributed by atoms with Gasteiger partial charge in [0.25, 0.3) is 0 Å². The van der Waals surface area contributed by atoms with Gasteiger partial charge < -0.3 is 20.8 Å². The molecule has 6 nitrogen and oxygen atoms in total. The van der Waals surface area contributed by atoms with Gasteiger partial charge in [0, 0.05) is 24.6 Å². The Bertz CT molecular complexity index is 190. The monoisotopic (exact) mass is 328 g/mol. The number of thioether (sulfide) groups is 2. The summed E-state index contributed by atoms with van der Waals surface area (Å²) in [6.45, 7) is 6.64. The maximum absolute atomic E-state index is 9.10. The minimum absolute atomic E-state index is 1.14. The third kappa shape index (κ3) is 36.0. The topological polar surface area (TPSA) is 98.7 Å². The van der Waals surface area contributed by atoms with E-state index in [4.69, 9.17) is 19.8 Å². The van der Waals surface area contributed by atoms with Gasteiger partial charge in [-0.25, -0.2) is 9.59 Å². The molecule has 122 valence electrons. The summed E-state index contributed by atoms with van der Waals surface area (Å²) in [7, 11) is 3.96. The van der Waals surface area contributed by atoms with E-state index < -0.39 is 11.9 Å². The highest BCUT2D eigenvalue weighted by atomic mass is 32.2. The van der Waals surface area contributed by atoms with Gasteiger partial charge >= 0.3 is 11.9 Å². The third-order valence-corrected chi connectivity index (χ3v) is 3.39. The normalized spacial score (nSPS) is 8.80. The largest absolute Gasteiger partial charge is 0.473 e. The lowest BCUT2D eigenvalue weighted by Crippen LogP contribution is -2.09. The highest BCUT2D eigenvalue weighted by Gasteiger charge is 2.04. The summed E-state index contributed by atoms with van der Waals surface area (Å²) in [6.07, 6.45) is 0. The first kappa shape index (κ1) is 24.6. The van der Waals surface area contributed by atoms with E-state index >= 15 is 0 Å². The van der Waals surface area contributed by atoms with Crippen molar-refractivity contribution in [3.8, 4) is 0 Å². The molecule has 0 bridgehead atoms. The molecular formula is C12H28N2O4S2. The molecule has 4 N–H and O–H groups in total. The van der Waals surface area contributed by atoms with Gasteiger partial charge in [-0.15, -0.1) is 0 Å². The number of carbonyl (C=O) groups is 2. The van der Waals surface area contributed by atoms with E-state index in [1.165, 1.54) is 23.0 Å². The number of aliphatic carboxylic acids is 2. The molecule has 0 aliphatic rings. The summed E-state index contributed by atoms with van der Waals surface area (Å²) in [5, 5.41) is 20.9. The average Bonchev–Trinajstić information content (AvgIpc) is 2.41. The summed E-state index contributed by atoms with van der Waals surface area (Å²) in [6, 6.07) is 0. The molecule has 0 aromatic rings. The van der Waals surface area contributed by atoms with E-state index in [2.05, 4.69) is 24.5 Å². The van der Waals surface area contributed by atoms with Crippen LogP contribution >= 0.6 is 23.5 Å². The van der Waals surface area contributed by atoms with E-state index in [0.29, 0.717) is 0 Å². The second-order valence-corrected chi connectivity index (χ2v) is 6.00. The van der Waals surface area contributed by atoms with E-state index in [1.807, 2.05) is 37.6 Å². The molecule has 0 radical (unpaired) electrons. The lowest BCUT2D eigenvalue weighted by atomic mass is 10.7. The lowest BCUT2D eigenvalue weighted by molar-refractivity contribution is -0.159. The SMILES string of the molecule is CCSCCNC.CCSCCNC.O=C(O)C(=O)O. The Labute approximate surface area is 130 Å². The minimum Gasteiger partial charge on any atom is -0.473 e. The van der Waals surface area contributed by atoms with Crippen LogP contribution in [0, 0.1) is 0 Å². The number of hydrogen-bond donors (Lipinski definition) is 4. The van der Waals surface area contributed by atoms with Gasteiger partial charge in [0.1, 0.15) is 0 Å². The van der Waals surface area contributed by atoms with Crippen molar-refractivity contribution in [2.24, 2.45) is 0 Å². The fourth-order valence-electron chi connectivity index (χ4n) is 0.637. The standard InChI is InChI=1S/2C5H13NS.C2H2O4/c2*1-3-7-5-4-6-2;3-1(4)2(5)6/h2*6H,3-5H2,1-2H3;(H,3,4)(H,5,6). The fraction of sp³-hybridized carbons (Fsp3) is 0.833. The summed E-state index contributed by atoms with van der Waals surface area (Å²) >= 11 is 3.94. The van der Waals surface area contributed by atoms with E-state index in [0.717, 1.165) is 13.1 Å². The van der Waals surface area contributed by atoms with Crippen LogP contribution in [-0.4, -0.2) is 72.3 Å². The molecule has 0 unspecified atom stereocenters. The molecule has 0 saturated heterocycles. The second kappa shape index (κ2) is 23.6. The highest BCUT2D eigenvalue weighted by molar-refractivity contribution is 7.99. The third-order valence-electron chi connectivity index (χ3n) is 1.58. The summed E-state index contributed by atoms with van der Waals surface area (Å²) in [4.78, 5) is 18.2. The van der Waals surface area contributed by atoms with Gasteiger partial charge in [-0.3, -0.25) is 0 Å². The smallest absolute Gasteiger partial charge is 0.414 e. The van der Waals surface area contributed by atoms with E-state index in [1.54, 1.807) is 0 Å². The van der Waals surface area contributed by atoms with Crippen LogP contribution in [0.3, 0.4) is 0 Å². The van der Waals surface area contributed by atoms with Crippen molar-refractivity contribution in [1.82, 2.24) is 10.6 Å². The molecule has 0 spiro atoms. The number of rotatable bonds is 8. The van der Waals surface area contributed by atoms with Crippen molar-refractivity contribution in [1.29, 1.82) is 0 Å². The quantitative estimate of drug-likeness (QED) is 0.388. The Morgan fingerprint density at radius 2 is 1.15 bits per heavy atom. The Morgan fingerprint density at radius 3 is 1.30 bits per heavy atom. The van der Waals surface area contributed by atoms with Gasteiger partial charge in [-0.1, -0.05) is 13.8 Å². The molecular weight excluding hydrogens is 300 g/mol. The van der Waals surface area contributed by atoms with E-state index in [9.17, 15) is 0 Å². The molecule has 0 aliphatic heterocycles. The van der Waals surface area contributed by atoms with Crippen LogP contribution in [0.4, 0.5) is 0 Å². The summed E-state index contributed by atoms with van der Waals surface area (Å²) < 4.78 is 0. The molecule has 0 aromatic heterocycles. The molecule has 0 fully saturated rings. The molecule has 0 heterocycles. The molecule has 0 atom stereocenters. The molecule has 0 aliphatic carbocycles. The predicted molar refractivity (Wildman–Crippen MR) is 89.1 cm³/mol. The summed E-state index contributed by atoms with van der Waals surface area (Å²) in [5.74, 6) is 1.31. The van der Waals surface area contributed by atoms with Crippen LogP contribution in [0.25, 0.3) is 0 Å². The number of carboxylic acids is 2. The first-order valence-corrected chi connectivity index (χ1v) is 8.69. The van der Waals surface area contributed by atoms with Crippen LogP contribution < -0.4 is 10.6 Å².